The maximum Gasteiger partial charge on any atom is 0.306 e. The summed E-state index contributed by atoms with van der Waals surface area (Å²) in [7, 11) is 0. The lowest BCUT2D eigenvalue weighted by molar-refractivity contribution is -0.184. The molecule has 1 unspecified atom stereocenters. The molecule has 0 spiro atoms. The number of carbonyl (C=O) groups is 4. The third-order valence-corrected chi connectivity index (χ3v) is 9.42. The monoisotopic (exact) mass is 462 g/mol. The maximum atomic E-state index is 13.1. The third-order valence-electron chi connectivity index (χ3n) is 9.42. The van der Waals surface area contributed by atoms with Gasteiger partial charge in [0.25, 0.3) is 0 Å². The van der Waals surface area contributed by atoms with Crippen LogP contribution in [0.5, 0.6) is 0 Å². The molecule has 33 heavy (non-hydrogen) atoms. The molecular weight excluding hydrogens is 428 g/mol. The van der Waals surface area contributed by atoms with Crippen LogP contribution in [0.4, 0.5) is 0 Å². The maximum absolute atomic E-state index is 13.1. The minimum Gasteiger partial charge on any atom is -0.481 e. The van der Waals surface area contributed by atoms with Crippen LogP contribution >= 0.6 is 0 Å². The molecule has 8 heteroatoms. The van der Waals surface area contributed by atoms with Crippen molar-refractivity contribution in [2.24, 2.45) is 28.6 Å². The van der Waals surface area contributed by atoms with Gasteiger partial charge in [0.15, 0.2) is 12.4 Å². The molecule has 0 saturated heterocycles. The van der Waals surface area contributed by atoms with Gasteiger partial charge in [0.1, 0.15) is 5.60 Å². The number of carboxylic acid groups (broad SMARTS) is 1. The van der Waals surface area contributed by atoms with Gasteiger partial charge in [-0.3, -0.25) is 19.2 Å². The molecule has 7 atom stereocenters. The Morgan fingerprint density at radius 1 is 1.12 bits per heavy atom. The largest absolute Gasteiger partial charge is 0.481 e. The van der Waals surface area contributed by atoms with Crippen LogP contribution in [0.2, 0.25) is 0 Å². The Hall–Kier alpha value is -2.06. The van der Waals surface area contributed by atoms with Gasteiger partial charge >= 0.3 is 11.9 Å². The summed E-state index contributed by atoms with van der Waals surface area (Å²) in [5.41, 5.74) is -1.68. The number of aliphatic hydroxyl groups is 2. The first-order valence-corrected chi connectivity index (χ1v) is 12.0. The van der Waals surface area contributed by atoms with E-state index in [4.69, 9.17) is 9.84 Å². The highest BCUT2D eigenvalue weighted by molar-refractivity contribution is 5.92. The summed E-state index contributed by atoms with van der Waals surface area (Å²) in [5.74, 6) is -2.20. The summed E-state index contributed by atoms with van der Waals surface area (Å²) in [4.78, 5) is 47.5. The van der Waals surface area contributed by atoms with Crippen molar-refractivity contribution >= 4 is 23.5 Å². The van der Waals surface area contributed by atoms with E-state index >= 15 is 0 Å². The van der Waals surface area contributed by atoms with Crippen molar-refractivity contribution in [2.75, 3.05) is 6.61 Å². The molecule has 0 aromatic heterocycles. The molecule has 0 aromatic rings. The van der Waals surface area contributed by atoms with Crippen molar-refractivity contribution in [3.05, 3.63) is 11.6 Å². The Labute approximate surface area is 193 Å². The molecule has 3 N–H and O–H groups in total. The number of aliphatic carboxylic acids is 1. The number of rotatable bonds is 6. The number of hydrogen-bond donors (Lipinski definition) is 3. The van der Waals surface area contributed by atoms with Gasteiger partial charge in [0.05, 0.1) is 18.9 Å². The molecule has 0 amide bonds. The van der Waals surface area contributed by atoms with E-state index in [9.17, 15) is 29.4 Å². The fraction of sp³-hybridized carbons (Fsp3) is 0.760. The zero-order valence-corrected chi connectivity index (χ0v) is 19.3. The smallest absolute Gasteiger partial charge is 0.306 e. The van der Waals surface area contributed by atoms with Gasteiger partial charge in [-0.25, -0.2) is 0 Å². The molecule has 4 aliphatic rings. The van der Waals surface area contributed by atoms with Crippen molar-refractivity contribution in [3.8, 4) is 0 Å². The fourth-order valence-corrected chi connectivity index (χ4v) is 7.70. The first-order chi connectivity index (χ1) is 15.4. The van der Waals surface area contributed by atoms with E-state index < -0.39 is 41.4 Å². The van der Waals surface area contributed by atoms with Crippen LogP contribution in [-0.2, 0) is 23.9 Å². The van der Waals surface area contributed by atoms with Crippen molar-refractivity contribution in [1.29, 1.82) is 0 Å². The molecule has 182 valence electrons. The number of Topliss-reactive ketones (excluding diaryl/α,β-unsaturated/α-hetero) is 1. The van der Waals surface area contributed by atoms with Crippen LogP contribution in [0, 0.1) is 28.6 Å². The summed E-state index contributed by atoms with van der Waals surface area (Å²) in [5, 5.41) is 31.6. The standard InChI is InChI=1S/C25H34O8/c1-23-9-7-15(26)11-14(23)3-4-16-17-8-10-25(32,24(17,2)12-18(27)22(16)23)19(28)13-33-21(31)6-5-20(29)30/h11,16-18,22,27,32H,3-10,12-13H2,1-2H3,(H,29,30)/t16-,17-,18-,22?,23-,24-,25-/m0/s1. The molecule has 8 nitrogen and oxygen atoms in total. The number of aliphatic hydroxyl groups excluding tert-OH is 1. The average molecular weight is 463 g/mol. The van der Waals surface area contributed by atoms with E-state index in [1.54, 1.807) is 6.08 Å². The van der Waals surface area contributed by atoms with Crippen LogP contribution in [0.1, 0.15) is 71.6 Å². The van der Waals surface area contributed by atoms with Gasteiger partial charge in [-0.1, -0.05) is 19.4 Å². The lowest BCUT2D eigenvalue weighted by Gasteiger charge is -2.60. The van der Waals surface area contributed by atoms with Gasteiger partial charge < -0.3 is 20.1 Å². The molecule has 0 aliphatic heterocycles. The zero-order valence-electron chi connectivity index (χ0n) is 19.3. The number of esters is 1. The van der Waals surface area contributed by atoms with Crippen LogP contribution in [-0.4, -0.2) is 57.1 Å². The SMILES string of the molecule is C[C@]12CCC(=O)C=C1CC[C@@H]1C2[C@@H](O)C[C@@]2(C)[C@H]1CC[C@]2(O)C(=O)COC(=O)CCC(=O)O. The Morgan fingerprint density at radius 2 is 1.85 bits per heavy atom. The van der Waals surface area contributed by atoms with E-state index in [1.807, 2.05) is 6.92 Å². The second-order valence-corrected chi connectivity index (χ2v) is 11.0. The quantitative estimate of drug-likeness (QED) is 0.511. The molecular formula is C25H34O8. The van der Waals surface area contributed by atoms with Gasteiger partial charge in [-0.2, -0.15) is 0 Å². The Morgan fingerprint density at radius 3 is 2.55 bits per heavy atom. The number of ketones is 2. The Kier molecular flexibility index (Phi) is 6.06. The molecule has 4 aliphatic carbocycles. The first-order valence-electron chi connectivity index (χ1n) is 12.0. The summed E-state index contributed by atoms with van der Waals surface area (Å²) < 4.78 is 4.97. The van der Waals surface area contributed by atoms with E-state index in [0.717, 1.165) is 24.8 Å². The van der Waals surface area contributed by atoms with E-state index in [1.165, 1.54) is 0 Å². The van der Waals surface area contributed by atoms with E-state index in [2.05, 4.69) is 6.92 Å². The number of allylic oxidation sites excluding steroid dienone is 1. The molecule has 3 fully saturated rings. The van der Waals surface area contributed by atoms with Crippen LogP contribution in [0.3, 0.4) is 0 Å². The van der Waals surface area contributed by atoms with Gasteiger partial charge in [0.2, 0.25) is 5.78 Å². The normalized spacial score (nSPS) is 41.9. The summed E-state index contributed by atoms with van der Waals surface area (Å²) >= 11 is 0. The predicted octanol–water partition coefficient (Wildman–Crippen LogP) is 2.20. The van der Waals surface area contributed by atoms with E-state index in [0.29, 0.717) is 12.8 Å². The van der Waals surface area contributed by atoms with Crippen LogP contribution < -0.4 is 0 Å². The molecule has 0 bridgehead atoms. The van der Waals surface area contributed by atoms with Crippen molar-refractivity contribution in [2.45, 2.75) is 83.3 Å². The fourth-order valence-electron chi connectivity index (χ4n) is 7.70. The average Bonchev–Trinajstić information content (AvgIpc) is 3.02. The minimum atomic E-state index is -1.71. The van der Waals surface area contributed by atoms with Crippen molar-refractivity contribution < 1.29 is 39.2 Å². The molecule has 0 radical (unpaired) electrons. The van der Waals surface area contributed by atoms with Gasteiger partial charge in [-0.15, -0.1) is 0 Å². The van der Waals surface area contributed by atoms with Crippen LogP contribution in [0.15, 0.2) is 11.6 Å². The van der Waals surface area contributed by atoms with Gasteiger partial charge in [-0.05, 0) is 67.8 Å². The molecule has 4 rings (SSSR count). The topological polar surface area (TPSA) is 138 Å². The zero-order chi connectivity index (χ0) is 24.2. The first kappa shape index (κ1) is 24.1. The second kappa shape index (κ2) is 8.31. The lowest BCUT2D eigenvalue weighted by Crippen LogP contribution is -2.62. The lowest BCUT2D eigenvalue weighted by atomic mass is 9.45. The van der Waals surface area contributed by atoms with Crippen molar-refractivity contribution in [1.82, 2.24) is 0 Å². The number of fused-ring (bicyclic) bond motifs is 5. The highest BCUT2D eigenvalue weighted by atomic mass is 16.5. The highest BCUT2D eigenvalue weighted by Crippen LogP contribution is 2.67. The van der Waals surface area contributed by atoms with Crippen molar-refractivity contribution in [3.63, 3.8) is 0 Å². The molecule has 3 saturated carbocycles. The molecule has 0 heterocycles. The van der Waals surface area contributed by atoms with Crippen LogP contribution in [0.25, 0.3) is 0 Å². The van der Waals surface area contributed by atoms with E-state index in [-0.39, 0.29) is 54.6 Å². The Bertz CT molecular complexity index is 908. The minimum absolute atomic E-state index is 0.0185. The highest BCUT2D eigenvalue weighted by Gasteiger charge is 2.68. The second-order valence-electron chi connectivity index (χ2n) is 11.0. The predicted molar refractivity (Wildman–Crippen MR) is 116 cm³/mol. The summed E-state index contributed by atoms with van der Waals surface area (Å²) in [6.07, 6.45) is 4.30. The summed E-state index contributed by atoms with van der Waals surface area (Å²) in [6, 6.07) is 0. The third kappa shape index (κ3) is 3.75. The summed E-state index contributed by atoms with van der Waals surface area (Å²) in [6.45, 7) is 3.41. The molecule has 0 aromatic carbocycles. The number of carbonyl (C=O) groups excluding carboxylic acids is 3. The van der Waals surface area contributed by atoms with Gasteiger partial charge in [0, 0.05) is 11.8 Å². The Balaban J connectivity index is 1.53. The number of hydrogen-bond acceptors (Lipinski definition) is 7. The number of ether oxygens (including phenoxy) is 1. The number of carboxylic acids is 1.